The normalized spacial score (nSPS) is 17.2. The van der Waals surface area contributed by atoms with Crippen molar-refractivity contribution in [1.82, 2.24) is 9.80 Å². The molecule has 0 bridgehead atoms. The molecule has 2 aromatic rings. The number of benzene rings is 2. The van der Waals surface area contributed by atoms with Gasteiger partial charge in [-0.2, -0.15) is 0 Å². The number of rotatable bonds is 5. The van der Waals surface area contributed by atoms with Gasteiger partial charge in [-0.25, -0.2) is 0 Å². The summed E-state index contributed by atoms with van der Waals surface area (Å²) in [5, 5.41) is 0.864. The Labute approximate surface area is 192 Å². The van der Waals surface area contributed by atoms with Crippen molar-refractivity contribution in [3.63, 3.8) is 0 Å². The lowest BCUT2D eigenvalue weighted by atomic mass is 10.0. The Morgan fingerprint density at radius 2 is 1.61 bits per heavy atom. The van der Waals surface area contributed by atoms with E-state index in [1.165, 1.54) is 16.2 Å². The fourth-order valence-corrected chi connectivity index (χ4v) is 4.73. The van der Waals surface area contributed by atoms with Gasteiger partial charge in [-0.1, -0.05) is 48.3 Å². The van der Waals surface area contributed by atoms with Crippen molar-refractivity contribution in [1.29, 1.82) is 0 Å². The van der Waals surface area contributed by atoms with Crippen LogP contribution >= 0.6 is 23.2 Å². The average Bonchev–Trinajstić information content (AvgIpc) is 2.99. The SMILES string of the molecule is CCCN1C(=O)C(c2ccc(Cl)cc2Cl)=C(N2CCN(c3cccc(C)c3)CC2)C1=O. The minimum atomic E-state index is -0.285. The molecular weight excluding hydrogens is 433 g/mol. The molecule has 0 saturated carbocycles. The highest BCUT2D eigenvalue weighted by atomic mass is 35.5. The van der Waals surface area contributed by atoms with Gasteiger partial charge in [-0.15, -0.1) is 0 Å². The van der Waals surface area contributed by atoms with Crippen LogP contribution in [0.15, 0.2) is 48.2 Å². The maximum absolute atomic E-state index is 13.3. The molecule has 162 valence electrons. The lowest BCUT2D eigenvalue weighted by molar-refractivity contribution is -0.137. The van der Waals surface area contributed by atoms with Gasteiger partial charge in [0.1, 0.15) is 5.70 Å². The Morgan fingerprint density at radius 1 is 0.903 bits per heavy atom. The summed E-state index contributed by atoms with van der Waals surface area (Å²) in [7, 11) is 0. The standard InChI is InChI=1S/C24H25Cl2N3O2/c1-3-9-29-23(30)21(19-8-7-17(25)15-20(19)26)22(24(29)31)28-12-10-27(11-13-28)18-6-4-5-16(2)14-18/h4-8,14-15H,3,9-13H2,1-2H3. The number of aryl methyl sites for hydroxylation is 1. The average molecular weight is 458 g/mol. The Balaban J connectivity index is 1.67. The number of piperazine rings is 1. The lowest BCUT2D eigenvalue weighted by Crippen LogP contribution is -2.47. The molecule has 0 radical (unpaired) electrons. The first-order valence-corrected chi connectivity index (χ1v) is 11.3. The van der Waals surface area contributed by atoms with Crippen LogP contribution in [-0.4, -0.2) is 54.3 Å². The minimum Gasteiger partial charge on any atom is -0.368 e. The van der Waals surface area contributed by atoms with Crippen molar-refractivity contribution >= 4 is 46.3 Å². The van der Waals surface area contributed by atoms with Crippen LogP contribution in [-0.2, 0) is 9.59 Å². The molecule has 2 amide bonds. The molecule has 2 aromatic carbocycles. The number of hydrogen-bond acceptors (Lipinski definition) is 4. The van der Waals surface area contributed by atoms with E-state index in [4.69, 9.17) is 23.2 Å². The third kappa shape index (κ3) is 4.17. The molecule has 1 fully saturated rings. The number of amides is 2. The molecule has 0 spiro atoms. The highest BCUT2D eigenvalue weighted by Gasteiger charge is 2.42. The van der Waals surface area contributed by atoms with E-state index < -0.39 is 0 Å². The second kappa shape index (κ2) is 8.93. The smallest absolute Gasteiger partial charge is 0.277 e. The first-order chi connectivity index (χ1) is 14.9. The highest BCUT2D eigenvalue weighted by molar-refractivity contribution is 6.41. The van der Waals surface area contributed by atoms with Crippen LogP contribution in [0.3, 0.4) is 0 Å². The zero-order valence-corrected chi connectivity index (χ0v) is 19.2. The van der Waals surface area contributed by atoms with Crippen molar-refractivity contribution in [2.75, 3.05) is 37.6 Å². The van der Waals surface area contributed by atoms with Crippen LogP contribution < -0.4 is 4.90 Å². The van der Waals surface area contributed by atoms with Crippen molar-refractivity contribution in [2.24, 2.45) is 0 Å². The van der Waals surface area contributed by atoms with Gasteiger partial charge >= 0.3 is 0 Å². The Morgan fingerprint density at radius 3 is 2.26 bits per heavy atom. The van der Waals surface area contributed by atoms with E-state index in [1.807, 2.05) is 11.8 Å². The van der Waals surface area contributed by atoms with Crippen molar-refractivity contribution in [2.45, 2.75) is 20.3 Å². The number of carbonyl (C=O) groups is 2. The summed E-state index contributed by atoms with van der Waals surface area (Å²) in [6, 6.07) is 13.4. The summed E-state index contributed by atoms with van der Waals surface area (Å²) >= 11 is 12.5. The van der Waals surface area contributed by atoms with Gasteiger partial charge in [0.25, 0.3) is 11.8 Å². The summed E-state index contributed by atoms with van der Waals surface area (Å²) in [5.74, 6) is -0.524. The zero-order valence-electron chi connectivity index (χ0n) is 17.7. The molecule has 0 aromatic heterocycles. The van der Waals surface area contributed by atoms with Gasteiger partial charge in [0.15, 0.2) is 0 Å². The minimum absolute atomic E-state index is 0.239. The van der Waals surface area contributed by atoms with Crippen molar-refractivity contribution in [3.8, 4) is 0 Å². The van der Waals surface area contributed by atoms with Gasteiger partial charge in [-0.3, -0.25) is 14.5 Å². The van der Waals surface area contributed by atoms with Crippen LogP contribution in [0.2, 0.25) is 10.0 Å². The lowest BCUT2D eigenvalue weighted by Gasteiger charge is -2.37. The molecule has 2 aliphatic heterocycles. The Kier molecular flexibility index (Phi) is 6.26. The van der Waals surface area contributed by atoms with Crippen LogP contribution in [0.4, 0.5) is 5.69 Å². The van der Waals surface area contributed by atoms with E-state index in [2.05, 4.69) is 36.1 Å². The molecule has 0 atom stereocenters. The third-order valence-corrected chi connectivity index (χ3v) is 6.30. The molecule has 0 N–H and O–H groups in total. The van der Waals surface area contributed by atoms with Crippen LogP contribution in [0.5, 0.6) is 0 Å². The molecule has 7 heteroatoms. The van der Waals surface area contributed by atoms with E-state index in [-0.39, 0.29) is 11.8 Å². The molecule has 0 unspecified atom stereocenters. The largest absolute Gasteiger partial charge is 0.368 e. The fourth-order valence-electron chi connectivity index (χ4n) is 4.23. The van der Waals surface area contributed by atoms with Gasteiger partial charge in [0.05, 0.1) is 10.6 Å². The molecule has 2 aliphatic rings. The predicted molar refractivity (Wildman–Crippen MR) is 125 cm³/mol. The number of carbonyl (C=O) groups excluding carboxylic acids is 2. The monoisotopic (exact) mass is 457 g/mol. The Bertz CT molecular complexity index is 1060. The maximum Gasteiger partial charge on any atom is 0.277 e. The summed E-state index contributed by atoms with van der Waals surface area (Å²) < 4.78 is 0. The maximum atomic E-state index is 13.3. The van der Waals surface area contributed by atoms with Crippen LogP contribution in [0.25, 0.3) is 5.57 Å². The third-order valence-electron chi connectivity index (χ3n) is 5.75. The van der Waals surface area contributed by atoms with Crippen LogP contribution in [0, 0.1) is 6.92 Å². The second-order valence-electron chi connectivity index (χ2n) is 7.92. The quantitative estimate of drug-likeness (QED) is 0.614. The first-order valence-electron chi connectivity index (χ1n) is 10.5. The first kappa shape index (κ1) is 21.7. The fraction of sp³-hybridized carbons (Fsp3) is 0.333. The molecule has 5 nitrogen and oxygen atoms in total. The van der Waals surface area contributed by atoms with E-state index in [9.17, 15) is 9.59 Å². The van der Waals surface area contributed by atoms with Gasteiger partial charge in [0.2, 0.25) is 0 Å². The molecule has 1 saturated heterocycles. The molecule has 2 heterocycles. The number of halogens is 2. The molecule has 0 aliphatic carbocycles. The van der Waals surface area contributed by atoms with E-state index >= 15 is 0 Å². The highest BCUT2D eigenvalue weighted by Crippen LogP contribution is 2.36. The second-order valence-corrected chi connectivity index (χ2v) is 8.77. The van der Waals surface area contributed by atoms with E-state index in [0.29, 0.717) is 52.9 Å². The van der Waals surface area contributed by atoms with Gasteiger partial charge in [-0.05, 0) is 43.2 Å². The van der Waals surface area contributed by atoms with Crippen LogP contribution in [0.1, 0.15) is 24.5 Å². The number of anilines is 1. The number of hydrogen-bond donors (Lipinski definition) is 0. The summed E-state index contributed by atoms with van der Waals surface area (Å²) in [4.78, 5) is 32.2. The van der Waals surface area contributed by atoms with E-state index in [1.54, 1.807) is 18.2 Å². The molecular formula is C24H25Cl2N3O2. The van der Waals surface area contributed by atoms with Crippen molar-refractivity contribution < 1.29 is 9.59 Å². The predicted octanol–water partition coefficient (Wildman–Crippen LogP) is 4.61. The summed E-state index contributed by atoms with van der Waals surface area (Å²) in [5.41, 5.74) is 3.78. The number of nitrogens with zero attached hydrogens (tertiary/aromatic N) is 3. The zero-order chi connectivity index (χ0) is 22.1. The Hall–Kier alpha value is -2.50. The van der Waals surface area contributed by atoms with Gasteiger partial charge in [0, 0.05) is 49.0 Å². The van der Waals surface area contributed by atoms with E-state index in [0.717, 1.165) is 13.1 Å². The topological polar surface area (TPSA) is 43.9 Å². The number of imide groups is 1. The van der Waals surface area contributed by atoms with Gasteiger partial charge < -0.3 is 9.80 Å². The summed E-state index contributed by atoms with van der Waals surface area (Å²) in [6.07, 6.45) is 0.702. The molecule has 4 rings (SSSR count). The molecule has 31 heavy (non-hydrogen) atoms. The van der Waals surface area contributed by atoms with Crippen molar-refractivity contribution in [3.05, 3.63) is 69.3 Å². The summed E-state index contributed by atoms with van der Waals surface area (Å²) in [6.45, 7) is 7.26.